The van der Waals surface area contributed by atoms with Gasteiger partial charge in [-0.3, -0.25) is 0 Å². The van der Waals surface area contributed by atoms with Crippen molar-refractivity contribution in [3.8, 4) is 0 Å². The largest absolute Gasteiger partial charge is 0.501 e. The Bertz CT molecular complexity index is 512. The number of hydrogen-bond donors (Lipinski definition) is 0. The minimum atomic E-state index is -0.204. The Labute approximate surface area is 107 Å². The summed E-state index contributed by atoms with van der Waals surface area (Å²) >= 11 is 0. The number of methoxy groups -OCH3 is 1. The highest BCUT2D eigenvalue weighted by Crippen LogP contribution is 2.26. The van der Waals surface area contributed by atoms with Crippen molar-refractivity contribution in [2.24, 2.45) is 5.92 Å². The summed E-state index contributed by atoms with van der Waals surface area (Å²) < 4.78 is 18.3. The van der Waals surface area contributed by atoms with E-state index in [1.54, 1.807) is 13.2 Å². The minimum absolute atomic E-state index is 0.204. The fourth-order valence-electron chi connectivity index (χ4n) is 2.08. The van der Waals surface area contributed by atoms with Crippen LogP contribution >= 0.6 is 0 Å². The second kappa shape index (κ2) is 5.67. The third kappa shape index (κ3) is 3.10. The fraction of sp³-hybridized carbons (Fsp3) is 0.250. The van der Waals surface area contributed by atoms with Crippen LogP contribution < -0.4 is 0 Å². The molecule has 1 aliphatic rings. The van der Waals surface area contributed by atoms with Gasteiger partial charge in [0.05, 0.1) is 12.9 Å². The van der Waals surface area contributed by atoms with Gasteiger partial charge in [-0.25, -0.2) is 4.39 Å². The van der Waals surface area contributed by atoms with Gasteiger partial charge in [0.15, 0.2) is 0 Å². The normalized spacial score (nSPS) is 19.6. The third-order valence-electron chi connectivity index (χ3n) is 3.06. The monoisotopic (exact) mass is 244 g/mol. The van der Waals surface area contributed by atoms with Gasteiger partial charge in [0.25, 0.3) is 0 Å². The SMILES string of the molecule is COC1=CC=C(/C=C/c2cccc(F)c2)C[C@@H]1C. The van der Waals surface area contributed by atoms with Gasteiger partial charge in [-0.05, 0) is 35.8 Å². The minimum Gasteiger partial charge on any atom is -0.501 e. The second-order valence-electron chi connectivity index (χ2n) is 4.51. The van der Waals surface area contributed by atoms with E-state index in [0.29, 0.717) is 5.92 Å². The quantitative estimate of drug-likeness (QED) is 0.768. The molecule has 0 fully saturated rings. The molecule has 0 radical (unpaired) electrons. The first kappa shape index (κ1) is 12.6. The summed E-state index contributed by atoms with van der Waals surface area (Å²) in [5, 5.41) is 0. The van der Waals surface area contributed by atoms with E-state index in [0.717, 1.165) is 17.7 Å². The highest BCUT2D eigenvalue weighted by molar-refractivity contribution is 5.53. The molecule has 1 aromatic carbocycles. The van der Waals surface area contributed by atoms with E-state index in [2.05, 4.69) is 13.0 Å². The van der Waals surface area contributed by atoms with E-state index in [4.69, 9.17) is 4.74 Å². The molecule has 94 valence electrons. The predicted octanol–water partition coefficient (Wildman–Crippen LogP) is 4.34. The molecule has 2 rings (SSSR count). The smallest absolute Gasteiger partial charge is 0.123 e. The van der Waals surface area contributed by atoms with Crippen LogP contribution in [0, 0.1) is 11.7 Å². The number of hydrogen-bond acceptors (Lipinski definition) is 1. The maximum atomic E-state index is 13.0. The van der Waals surface area contributed by atoms with E-state index in [9.17, 15) is 4.39 Å². The summed E-state index contributed by atoms with van der Waals surface area (Å²) in [5.74, 6) is 1.20. The zero-order valence-corrected chi connectivity index (χ0v) is 10.7. The van der Waals surface area contributed by atoms with E-state index in [1.807, 2.05) is 24.3 Å². The lowest BCUT2D eigenvalue weighted by Crippen LogP contribution is -2.05. The van der Waals surface area contributed by atoms with Gasteiger partial charge in [-0.1, -0.05) is 37.3 Å². The van der Waals surface area contributed by atoms with Crippen LogP contribution in [-0.2, 0) is 4.74 Å². The van der Waals surface area contributed by atoms with Crippen LogP contribution in [0.5, 0.6) is 0 Å². The molecule has 1 nitrogen and oxygen atoms in total. The summed E-state index contributed by atoms with van der Waals surface area (Å²) in [5.41, 5.74) is 2.11. The van der Waals surface area contributed by atoms with Crippen molar-refractivity contribution in [2.45, 2.75) is 13.3 Å². The third-order valence-corrected chi connectivity index (χ3v) is 3.06. The fourth-order valence-corrected chi connectivity index (χ4v) is 2.08. The van der Waals surface area contributed by atoms with Crippen LogP contribution in [0.1, 0.15) is 18.9 Å². The van der Waals surface area contributed by atoms with Gasteiger partial charge in [0.1, 0.15) is 5.82 Å². The molecule has 1 atom stereocenters. The van der Waals surface area contributed by atoms with Crippen molar-refractivity contribution in [1.29, 1.82) is 0 Å². The van der Waals surface area contributed by atoms with Crippen LogP contribution in [0.2, 0.25) is 0 Å². The predicted molar refractivity (Wildman–Crippen MR) is 72.4 cm³/mol. The zero-order chi connectivity index (χ0) is 13.0. The summed E-state index contributed by atoms with van der Waals surface area (Å²) in [6, 6.07) is 6.59. The van der Waals surface area contributed by atoms with E-state index in [-0.39, 0.29) is 5.82 Å². The average Bonchev–Trinajstić information content (AvgIpc) is 2.37. The Morgan fingerprint density at radius 3 is 2.78 bits per heavy atom. The molecule has 0 bridgehead atoms. The van der Waals surface area contributed by atoms with Gasteiger partial charge in [-0.15, -0.1) is 0 Å². The molecule has 0 saturated heterocycles. The Hall–Kier alpha value is -1.83. The second-order valence-corrected chi connectivity index (χ2v) is 4.51. The summed E-state index contributed by atoms with van der Waals surface area (Å²) in [6.07, 6.45) is 8.97. The van der Waals surface area contributed by atoms with Crippen molar-refractivity contribution in [2.75, 3.05) is 7.11 Å². The highest BCUT2D eigenvalue weighted by atomic mass is 19.1. The van der Waals surface area contributed by atoms with Crippen LogP contribution in [-0.4, -0.2) is 7.11 Å². The maximum Gasteiger partial charge on any atom is 0.123 e. The van der Waals surface area contributed by atoms with E-state index >= 15 is 0 Å². The van der Waals surface area contributed by atoms with Crippen LogP contribution in [0.15, 0.2) is 53.8 Å². The number of halogens is 1. The first-order chi connectivity index (χ1) is 8.69. The number of rotatable bonds is 3. The van der Waals surface area contributed by atoms with Crippen molar-refractivity contribution >= 4 is 6.08 Å². The topological polar surface area (TPSA) is 9.23 Å². The molecule has 0 unspecified atom stereocenters. The molecule has 1 aliphatic carbocycles. The zero-order valence-electron chi connectivity index (χ0n) is 10.7. The molecule has 0 aromatic heterocycles. The average molecular weight is 244 g/mol. The van der Waals surface area contributed by atoms with Crippen molar-refractivity contribution in [3.05, 3.63) is 65.2 Å². The highest BCUT2D eigenvalue weighted by Gasteiger charge is 2.13. The van der Waals surface area contributed by atoms with Gasteiger partial charge in [0.2, 0.25) is 0 Å². The summed E-state index contributed by atoms with van der Waals surface area (Å²) in [7, 11) is 1.70. The van der Waals surface area contributed by atoms with Gasteiger partial charge in [-0.2, -0.15) is 0 Å². The molecule has 0 N–H and O–H groups in total. The van der Waals surface area contributed by atoms with Gasteiger partial charge >= 0.3 is 0 Å². The lowest BCUT2D eigenvalue weighted by atomic mass is 9.93. The van der Waals surface area contributed by atoms with E-state index in [1.165, 1.54) is 17.7 Å². The Kier molecular flexibility index (Phi) is 3.98. The van der Waals surface area contributed by atoms with Crippen LogP contribution in [0.3, 0.4) is 0 Å². The molecule has 18 heavy (non-hydrogen) atoms. The van der Waals surface area contributed by atoms with E-state index < -0.39 is 0 Å². The van der Waals surface area contributed by atoms with Crippen molar-refractivity contribution in [3.63, 3.8) is 0 Å². The number of benzene rings is 1. The first-order valence-electron chi connectivity index (χ1n) is 6.07. The van der Waals surface area contributed by atoms with Crippen LogP contribution in [0.25, 0.3) is 6.08 Å². The van der Waals surface area contributed by atoms with Crippen molar-refractivity contribution < 1.29 is 9.13 Å². The molecular weight excluding hydrogens is 227 g/mol. The maximum absolute atomic E-state index is 13.0. The van der Waals surface area contributed by atoms with Crippen LogP contribution in [0.4, 0.5) is 4.39 Å². The van der Waals surface area contributed by atoms with Crippen molar-refractivity contribution in [1.82, 2.24) is 0 Å². The molecule has 1 aromatic rings. The number of ether oxygens (including phenoxy) is 1. The lowest BCUT2D eigenvalue weighted by molar-refractivity contribution is 0.245. The molecule has 0 amide bonds. The standard InChI is InChI=1S/C16H17FO/c1-12-10-14(8-9-16(12)18-2)7-6-13-4-3-5-15(17)11-13/h3-9,11-12H,10H2,1-2H3/b7-6+/t12-/m0/s1. The summed E-state index contributed by atoms with van der Waals surface area (Å²) in [6.45, 7) is 2.14. The molecule has 2 heteroatoms. The Morgan fingerprint density at radius 2 is 2.11 bits per heavy atom. The lowest BCUT2D eigenvalue weighted by Gasteiger charge is -2.18. The Balaban J connectivity index is 2.11. The Morgan fingerprint density at radius 1 is 1.28 bits per heavy atom. The molecule has 0 spiro atoms. The molecule has 0 saturated carbocycles. The van der Waals surface area contributed by atoms with Gasteiger partial charge in [0, 0.05) is 5.92 Å². The van der Waals surface area contributed by atoms with Gasteiger partial charge < -0.3 is 4.74 Å². The summed E-state index contributed by atoms with van der Waals surface area (Å²) in [4.78, 5) is 0. The first-order valence-corrected chi connectivity index (χ1v) is 6.07. The molecular formula is C16H17FO. The molecule has 0 heterocycles. The number of allylic oxidation sites excluding steroid dienone is 5. The molecule has 0 aliphatic heterocycles.